The molecule has 9 nitrogen and oxygen atoms in total. The maximum Gasteiger partial charge on any atom is 0.268 e. The Morgan fingerprint density at radius 1 is 1.11 bits per heavy atom. The standard InChI is InChI=1S/C26H25ClN6O3/c1-31(2)14-21(34)29-15-12-20(32(3)13-15)26(36)28-10-11-33-19-9-5-7-17-23(19)24(30-33)16-6-4-8-18(27)22(16)25(17)35/h4-9,12-13H,10-11,14H2,1-3H3,(H,28,36)(H,29,34). The Morgan fingerprint density at radius 2 is 1.86 bits per heavy atom. The van der Waals surface area contributed by atoms with Crippen LogP contribution < -0.4 is 10.6 Å². The predicted molar refractivity (Wildman–Crippen MR) is 139 cm³/mol. The summed E-state index contributed by atoms with van der Waals surface area (Å²) in [5.41, 5.74) is 4.28. The van der Waals surface area contributed by atoms with E-state index in [1.807, 2.05) is 38.4 Å². The zero-order valence-corrected chi connectivity index (χ0v) is 20.9. The normalized spacial score (nSPS) is 12.2. The molecule has 2 N–H and O–H groups in total. The number of nitrogens with one attached hydrogen (secondary N) is 2. The quantitative estimate of drug-likeness (QED) is 0.354. The van der Waals surface area contributed by atoms with Gasteiger partial charge in [-0.15, -0.1) is 0 Å². The number of hydrogen-bond acceptors (Lipinski definition) is 5. The largest absolute Gasteiger partial charge is 0.349 e. The summed E-state index contributed by atoms with van der Waals surface area (Å²) in [6.07, 6.45) is 1.70. The lowest BCUT2D eigenvalue weighted by atomic mass is 9.87. The number of likely N-dealkylation sites (N-methyl/N-ethyl adjacent to an activating group) is 1. The van der Waals surface area contributed by atoms with E-state index < -0.39 is 0 Å². The molecule has 0 fully saturated rings. The van der Waals surface area contributed by atoms with Crippen molar-refractivity contribution in [3.8, 4) is 11.3 Å². The Labute approximate surface area is 212 Å². The number of fused-ring (bicyclic) bond motifs is 2. The third-order valence-corrected chi connectivity index (χ3v) is 6.42. The molecule has 2 aromatic heterocycles. The molecule has 0 atom stereocenters. The second-order valence-electron chi connectivity index (χ2n) is 9.03. The predicted octanol–water partition coefficient (Wildman–Crippen LogP) is 3.17. The molecular weight excluding hydrogens is 480 g/mol. The van der Waals surface area contributed by atoms with Gasteiger partial charge in [-0.25, -0.2) is 0 Å². The number of ketones is 1. The summed E-state index contributed by atoms with van der Waals surface area (Å²) in [4.78, 5) is 39.7. The van der Waals surface area contributed by atoms with Crippen LogP contribution in [0.5, 0.6) is 0 Å². The number of amides is 2. The minimum atomic E-state index is -0.264. The molecule has 36 heavy (non-hydrogen) atoms. The minimum absolute atomic E-state index is 0.112. The molecule has 0 unspecified atom stereocenters. The van der Waals surface area contributed by atoms with Gasteiger partial charge in [-0.3, -0.25) is 19.1 Å². The van der Waals surface area contributed by atoms with Gasteiger partial charge >= 0.3 is 0 Å². The highest BCUT2D eigenvalue weighted by molar-refractivity contribution is 6.38. The van der Waals surface area contributed by atoms with E-state index in [1.54, 1.807) is 45.6 Å². The van der Waals surface area contributed by atoms with Crippen LogP contribution in [0.25, 0.3) is 22.2 Å². The molecule has 0 saturated carbocycles. The van der Waals surface area contributed by atoms with E-state index in [4.69, 9.17) is 16.7 Å². The van der Waals surface area contributed by atoms with Crippen molar-refractivity contribution < 1.29 is 14.4 Å². The highest BCUT2D eigenvalue weighted by Crippen LogP contribution is 2.41. The van der Waals surface area contributed by atoms with Crippen LogP contribution in [0.2, 0.25) is 5.02 Å². The van der Waals surface area contributed by atoms with E-state index >= 15 is 0 Å². The molecule has 4 aromatic rings. The number of benzene rings is 2. The Kier molecular flexibility index (Phi) is 6.11. The van der Waals surface area contributed by atoms with Crippen molar-refractivity contribution in [3.05, 3.63) is 70.5 Å². The van der Waals surface area contributed by atoms with E-state index in [-0.39, 0.29) is 24.1 Å². The molecule has 5 rings (SSSR count). The number of aromatic nitrogens is 3. The lowest BCUT2D eigenvalue weighted by molar-refractivity contribution is -0.116. The van der Waals surface area contributed by atoms with E-state index in [1.165, 1.54) is 0 Å². The summed E-state index contributed by atoms with van der Waals surface area (Å²) in [6, 6.07) is 12.5. The minimum Gasteiger partial charge on any atom is -0.349 e. The number of hydrogen-bond donors (Lipinski definition) is 2. The summed E-state index contributed by atoms with van der Waals surface area (Å²) in [7, 11) is 5.37. The number of nitrogens with zero attached hydrogens (tertiary/aromatic N) is 4. The number of rotatable bonds is 7. The van der Waals surface area contributed by atoms with Crippen molar-refractivity contribution in [2.24, 2.45) is 7.05 Å². The van der Waals surface area contributed by atoms with Crippen molar-refractivity contribution in [1.82, 2.24) is 24.6 Å². The summed E-state index contributed by atoms with van der Waals surface area (Å²) in [5.74, 6) is -0.532. The van der Waals surface area contributed by atoms with Crippen LogP contribution in [0.1, 0.15) is 26.4 Å². The second-order valence-corrected chi connectivity index (χ2v) is 9.44. The van der Waals surface area contributed by atoms with Crippen molar-refractivity contribution in [2.75, 3.05) is 32.5 Å². The zero-order chi connectivity index (χ0) is 25.6. The Bertz CT molecular complexity index is 1530. The molecule has 1 aliphatic rings. The van der Waals surface area contributed by atoms with Gasteiger partial charge in [-0.1, -0.05) is 35.9 Å². The Hall–Kier alpha value is -3.95. The lowest BCUT2D eigenvalue weighted by Crippen LogP contribution is -2.29. The fourth-order valence-corrected chi connectivity index (χ4v) is 4.84. The smallest absolute Gasteiger partial charge is 0.268 e. The van der Waals surface area contributed by atoms with Crippen molar-refractivity contribution in [3.63, 3.8) is 0 Å². The fraction of sp³-hybridized carbons (Fsp3) is 0.231. The van der Waals surface area contributed by atoms with Gasteiger partial charge in [0.15, 0.2) is 5.78 Å². The summed E-state index contributed by atoms with van der Waals surface area (Å²) >= 11 is 6.36. The van der Waals surface area contributed by atoms with Gasteiger partial charge < -0.3 is 20.1 Å². The van der Waals surface area contributed by atoms with Crippen LogP contribution in [0.3, 0.4) is 0 Å². The number of anilines is 1. The third kappa shape index (κ3) is 4.16. The van der Waals surface area contributed by atoms with E-state index in [9.17, 15) is 14.4 Å². The molecule has 2 heterocycles. The van der Waals surface area contributed by atoms with Crippen LogP contribution in [-0.4, -0.2) is 64.0 Å². The van der Waals surface area contributed by atoms with Gasteiger partial charge in [0.1, 0.15) is 11.4 Å². The molecule has 0 radical (unpaired) electrons. The topological polar surface area (TPSA) is 101 Å². The Balaban J connectivity index is 1.33. The van der Waals surface area contributed by atoms with Crippen molar-refractivity contribution in [1.29, 1.82) is 0 Å². The van der Waals surface area contributed by atoms with Gasteiger partial charge in [0, 0.05) is 36.3 Å². The van der Waals surface area contributed by atoms with Crippen LogP contribution >= 0.6 is 11.6 Å². The zero-order valence-electron chi connectivity index (χ0n) is 20.1. The second kappa shape index (κ2) is 9.25. The molecule has 184 valence electrons. The van der Waals surface area contributed by atoms with Gasteiger partial charge in [0.05, 0.1) is 34.9 Å². The highest BCUT2D eigenvalue weighted by Gasteiger charge is 2.30. The number of carbonyl (C=O) groups excluding carboxylic acids is 3. The van der Waals surface area contributed by atoms with E-state index in [0.717, 1.165) is 10.9 Å². The van der Waals surface area contributed by atoms with Crippen molar-refractivity contribution in [2.45, 2.75) is 6.54 Å². The average molecular weight is 505 g/mol. The number of aryl methyl sites for hydroxylation is 1. The van der Waals surface area contributed by atoms with E-state index in [0.29, 0.717) is 51.9 Å². The molecule has 0 saturated heterocycles. The molecule has 10 heteroatoms. The van der Waals surface area contributed by atoms with Crippen LogP contribution in [0, 0.1) is 0 Å². The molecule has 1 aliphatic carbocycles. The molecule has 2 amide bonds. The summed E-state index contributed by atoms with van der Waals surface area (Å²) < 4.78 is 3.47. The van der Waals surface area contributed by atoms with Gasteiger partial charge in [0.25, 0.3) is 5.91 Å². The van der Waals surface area contributed by atoms with Crippen molar-refractivity contribution >= 4 is 45.8 Å². The molecule has 2 aromatic carbocycles. The van der Waals surface area contributed by atoms with Gasteiger partial charge in [-0.2, -0.15) is 5.10 Å². The summed E-state index contributed by atoms with van der Waals surface area (Å²) in [6.45, 7) is 0.982. The third-order valence-electron chi connectivity index (χ3n) is 6.11. The van der Waals surface area contributed by atoms with Gasteiger partial charge in [0.2, 0.25) is 5.91 Å². The molecule has 0 bridgehead atoms. The first kappa shape index (κ1) is 23.8. The van der Waals surface area contributed by atoms with Crippen LogP contribution in [0.15, 0.2) is 48.7 Å². The first-order valence-corrected chi connectivity index (χ1v) is 11.8. The van der Waals surface area contributed by atoms with E-state index in [2.05, 4.69) is 10.6 Å². The maximum absolute atomic E-state index is 13.1. The maximum atomic E-state index is 13.1. The number of carbonyl (C=O) groups is 3. The molecule has 0 aliphatic heterocycles. The highest BCUT2D eigenvalue weighted by atomic mass is 35.5. The monoisotopic (exact) mass is 504 g/mol. The molecular formula is C26H25ClN6O3. The lowest BCUT2D eigenvalue weighted by Gasteiger charge is -2.15. The first-order valence-electron chi connectivity index (χ1n) is 11.5. The fourth-order valence-electron chi connectivity index (χ4n) is 4.58. The molecule has 0 spiro atoms. The number of halogens is 1. The SMILES string of the molecule is CN(C)CC(=O)Nc1cc(C(=O)NCCn2nc3c4c(cccc42)C(=O)c2c(Cl)cccc2-3)n(C)c1. The summed E-state index contributed by atoms with van der Waals surface area (Å²) in [5, 5.41) is 11.7. The van der Waals surface area contributed by atoms with Crippen LogP contribution in [0.4, 0.5) is 5.69 Å². The average Bonchev–Trinajstić information content (AvgIpc) is 3.37. The Morgan fingerprint density at radius 3 is 2.64 bits per heavy atom. The van der Waals surface area contributed by atoms with Gasteiger partial charge in [-0.05, 0) is 32.3 Å². The first-order chi connectivity index (χ1) is 17.2. The van der Waals surface area contributed by atoms with Crippen LogP contribution in [-0.2, 0) is 18.4 Å².